The second-order valence-corrected chi connectivity index (χ2v) is 7.60. The van der Waals surface area contributed by atoms with Crippen LogP contribution in [0.3, 0.4) is 0 Å². The first-order valence-corrected chi connectivity index (χ1v) is 10.1. The number of methoxy groups -OCH3 is 1. The molecule has 10 heteroatoms. The summed E-state index contributed by atoms with van der Waals surface area (Å²) >= 11 is 0. The number of ether oxygens (including phenoxy) is 2. The van der Waals surface area contributed by atoms with E-state index in [9.17, 15) is 13.2 Å². The molecule has 0 atom stereocenters. The van der Waals surface area contributed by atoms with Gasteiger partial charge in [-0.25, -0.2) is 17.9 Å². The van der Waals surface area contributed by atoms with Crippen LogP contribution in [0.25, 0.3) is 11.5 Å². The molecule has 0 aliphatic heterocycles. The number of carbonyl (C=O) groups is 1. The van der Waals surface area contributed by atoms with Gasteiger partial charge in [-0.15, -0.1) is 10.2 Å². The van der Waals surface area contributed by atoms with Crippen LogP contribution >= 0.6 is 0 Å². The second kappa shape index (κ2) is 8.84. The smallest absolute Gasteiger partial charge is 0.338 e. The van der Waals surface area contributed by atoms with Gasteiger partial charge in [0.05, 0.1) is 17.6 Å². The standard InChI is InChI=1S/C19H19N3O6S/c1-3-20-29(24,25)16-10-6-14(7-11-16)19(23)27-12-17-21-22-18(28-17)13-4-8-15(26-2)9-5-13/h4-11,20H,3,12H2,1-2H3. The van der Waals surface area contributed by atoms with Gasteiger partial charge in [-0.05, 0) is 48.5 Å². The first-order chi connectivity index (χ1) is 13.9. The minimum absolute atomic E-state index is 0.0666. The molecule has 0 fully saturated rings. The molecular formula is C19H19N3O6S. The quantitative estimate of drug-likeness (QED) is 0.555. The van der Waals surface area contributed by atoms with Crippen molar-refractivity contribution in [3.8, 4) is 17.2 Å². The molecule has 0 saturated heterocycles. The number of aromatic nitrogens is 2. The van der Waals surface area contributed by atoms with Gasteiger partial charge in [0.1, 0.15) is 5.75 Å². The molecule has 29 heavy (non-hydrogen) atoms. The molecule has 0 aliphatic rings. The molecule has 0 spiro atoms. The van der Waals surface area contributed by atoms with E-state index in [0.717, 1.165) is 0 Å². The topological polar surface area (TPSA) is 121 Å². The van der Waals surface area contributed by atoms with E-state index in [2.05, 4.69) is 14.9 Å². The van der Waals surface area contributed by atoms with Crippen molar-refractivity contribution in [2.75, 3.05) is 13.7 Å². The largest absolute Gasteiger partial charge is 0.497 e. The van der Waals surface area contributed by atoms with Crippen molar-refractivity contribution in [3.05, 3.63) is 60.0 Å². The lowest BCUT2D eigenvalue weighted by molar-refractivity contribution is 0.0438. The number of benzene rings is 2. The number of sulfonamides is 1. The summed E-state index contributed by atoms with van der Waals surface area (Å²) < 4.78 is 42.0. The first-order valence-electron chi connectivity index (χ1n) is 8.66. The van der Waals surface area contributed by atoms with Crippen molar-refractivity contribution < 1.29 is 27.1 Å². The molecular weight excluding hydrogens is 398 g/mol. The third kappa shape index (κ3) is 4.98. The summed E-state index contributed by atoms with van der Waals surface area (Å²) in [5.41, 5.74) is 0.906. The highest BCUT2D eigenvalue weighted by Crippen LogP contribution is 2.21. The molecule has 0 saturated carbocycles. The maximum absolute atomic E-state index is 12.2. The fourth-order valence-corrected chi connectivity index (χ4v) is 3.46. The number of rotatable bonds is 8. The van der Waals surface area contributed by atoms with Crippen LogP contribution in [0.2, 0.25) is 0 Å². The maximum Gasteiger partial charge on any atom is 0.338 e. The third-order valence-corrected chi connectivity index (χ3v) is 5.43. The molecule has 9 nitrogen and oxygen atoms in total. The second-order valence-electron chi connectivity index (χ2n) is 5.83. The Morgan fingerprint density at radius 3 is 2.38 bits per heavy atom. The molecule has 1 N–H and O–H groups in total. The average molecular weight is 417 g/mol. The van der Waals surface area contributed by atoms with Crippen LogP contribution in [-0.4, -0.2) is 38.2 Å². The van der Waals surface area contributed by atoms with Gasteiger partial charge in [-0.2, -0.15) is 0 Å². The van der Waals surface area contributed by atoms with Gasteiger partial charge < -0.3 is 13.9 Å². The molecule has 3 aromatic rings. The Morgan fingerprint density at radius 1 is 1.07 bits per heavy atom. The lowest BCUT2D eigenvalue weighted by atomic mass is 10.2. The van der Waals surface area contributed by atoms with E-state index in [1.165, 1.54) is 24.3 Å². The molecule has 0 radical (unpaired) electrons. The van der Waals surface area contributed by atoms with E-state index in [4.69, 9.17) is 13.9 Å². The Labute approximate surface area is 167 Å². The van der Waals surface area contributed by atoms with Crippen LogP contribution in [0.4, 0.5) is 0 Å². The number of nitrogens with one attached hydrogen (secondary N) is 1. The normalized spacial score (nSPS) is 11.2. The van der Waals surface area contributed by atoms with E-state index >= 15 is 0 Å². The summed E-state index contributed by atoms with van der Waals surface area (Å²) in [5.74, 6) is 0.487. The third-order valence-electron chi connectivity index (χ3n) is 3.87. The van der Waals surface area contributed by atoms with Gasteiger partial charge in [-0.3, -0.25) is 0 Å². The summed E-state index contributed by atoms with van der Waals surface area (Å²) in [4.78, 5) is 12.2. The fraction of sp³-hybridized carbons (Fsp3) is 0.211. The van der Waals surface area contributed by atoms with Crippen molar-refractivity contribution >= 4 is 16.0 Å². The van der Waals surface area contributed by atoms with Gasteiger partial charge in [0.15, 0.2) is 6.61 Å². The van der Waals surface area contributed by atoms with E-state index in [-0.39, 0.29) is 35.4 Å². The molecule has 0 amide bonds. The number of esters is 1. The van der Waals surface area contributed by atoms with E-state index < -0.39 is 16.0 Å². The van der Waals surface area contributed by atoms with Gasteiger partial charge in [0, 0.05) is 12.1 Å². The van der Waals surface area contributed by atoms with Gasteiger partial charge in [-0.1, -0.05) is 6.92 Å². The van der Waals surface area contributed by atoms with Crippen molar-refractivity contribution in [2.45, 2.75) is 18.4 Å². The number of nitrogens with zero attached hydrogens (tertiary/aromatic N) is 2. The minimum Gasteiger partial charge on any atom is -0.497 e. The zero-order valence-corrected chi connectivity index (χ0v) is 16.6. The number of hydrogen-bond acceptors (Lipinski definition) is 8. The molecule has 1 aromatic heterocycles. The highest BCUT2D eigenvalue weighted by Gasteiger charge is 2.15. The van der Waals surface area contributed by atoms with Crippen molar-refractivity contribution in [1.82, 2.24) is 14.9 Å². The molecule has 0 unspecified atom stereocenters. The molecule has 3 rings (SSSR count). The van der Waals surface area contributed by atoms with Gasteiger partial charge >= 0.3 is 5.97 Å². The lowest BCUT2D eigenvalue weighted by Gasteiger charge is -2.06. The van der Waals surface area contributed by atoms with E-state index in [1.807, 2.05) is 0 Å². The van der Waals surface area contributed by atoms with Crippen LogP contribution in [0.15, 0.2) is 57.8 Å². The monoisotopic (exact) mass is 417 g/mol. The lowest BCUT2D eigenvalue weighted by Crippen LogP contribution is -2.23. The first kappa shape index (κ1) is 20.5. The van der Waals surface area contributed by atoms with Crippen LogP contribution in [0.1, 0.15) is 23.2 Å². The van der Waals surface area contributed by atoms with Crippen LogP contribution < -0.4 is 9.46 Å². The van der Waals surface area contributed by atoms with E-state index in [1.54, 1.807) is 38.3 Å². The van der Waals surface area contributed by atoms with Crippen LogP contribution in [-0.2, 0) is 21.4 Å². The predicted molar refractivity (Wildman–Crippen MR) is 103 cm³/mol. The van der Waals surface area contributed by atoms with Crippen molar-refractivity contribution in [3.63, 3.8) is 0 Å². The van der Waals surface area contributed by atoms with Crippen LogP contribution in [0.5, 0.6) is 5.75 Å². The fourth-order valence-electron chi connectivity index (χ4n) is 2.42. The van der Waals surface area contributed by atoms with Gasteiger partial charge in [0.2, 0.25) is 15.9 Å². The van der Waals surface area contributed by atoms with Gasteiger partial charge in [0.25, 0.3) is 5.89 Å². The SMILES string of the molecule is CCNS(=O)(=O)c1ccc(C(=O)OCc2nnc(-c3ccc(OC)cc3)o2)cc1. The Bertz CT molecular complexity index is 1080. The summed E-state index contributed by atoms with van der Waals surface area (Å²) in [6.07, 6.45) is 0. The number of hydrogen-bond donors (Lipinski definition) is 1. The Morgan fingerprint density at radius 2 is 1.76 bits per heavy atom. The molecule has 152 valence electrons. The van der Waals surface area contributed by atoms with Crippen LogP contribution in [0, 0.1) is 0 Å². The van der Waals surface area contributed by atoms with Crippen molar-refractivity contribution in [2.24, 2.45) is 0 Å². The molecule has 0 bridgehead atoms. The highest BCUT2D eigenvalue weighted by molar-refractivity contribution is 7.89. The predicted octanol–water partition coefficient (Wildman–Crippen LogP) is 2.40. The maximum atomic E-state index is 12.2. The zero-order chi connectivity index (χ0) is 20.9. The van der Waals surface area contributed by atoms with Crippen molar-refractivity contribution in [1.29, 1.82) is 0 Å². The highest BCUT2D eigenvalue weighted by atomic mass is 32.2. The summed E-state index contributed by atoms with van der Waals surface area (Å²) in [7, 11) is -2.01. The average Bonchev–Trinajstić information content (AvgIpc) is 3.21. The Hall–Kier alpha value is -3.24. The number of carbonyl (C=O) groups excluding carboxylic acids is 1. The van der Waals surface area contributed by atoms with E-state index in [0.29, 0.717) is 11.3 Å². The summed E-state index contributed by atoms with van der Waals surface area (Å²) in [5, 5.41) is 7.78. The Balaban J connectivity index is 1.61. The molecule has 0 aliphatic carbocycles. The minimum atomic E-state index is -3.58. The Kier molecular flexibility index (Phi) is 6.25. The summed E-state index contributed by atoms with van der Waals surface area (Å²) in [6.45, 7) is 1.75. The molecule has 1 heterocycles. The zero-order valence-electron chi connectivity index (χ0n) is 15.8. The molecule has 2 aromatic carbocycles. The summed E-state index contributed by atoms with van der Waals surface area (Å²) in [6, 6.07) is 12.5.